The van der Waals surface area contributed by atoms with Crippen molar-refractivity contribution in [3.05, 3.63) is 28.8 Å². The molecule has 0 bridgehead atoms. The van der Waals surface area contributed by atoms with Crippen LogP contribution in [0.5, 0.6) is 0 Å². The van der Waals surface area contributed by atoms with Crippen LogP contribution in [0.3, 0.4) is 0 Å². The first-order chi connectivity index (χ1) is 8.08. The summed E-state index contributed by atoms with van der Waals surface area (Å²) < 4.78 is 15.4. The van der Waals surface area contributed by atoms with Gasteiger partial charge in [-0.05, 0) is 30.4 Å². The van der Waals surface area contributed by atoms with Gasteiger partial charge in [-0.3, -0.25) is 4.79 Å². The second-order valence-corrected chi connectivity index (χ2v) is 4.11. The molecule has 0 saturated heterocycles. The van der Waals surface area contributed by atoms with Gasteiger partial charge in [-0.1, -0.05) is 0 Å². The van der Waals surface area contributed by atoms with Gasteiger partial charge in [0.2, 0.25) is 5.91 Å². The molecule has 0 spiro atoms. The predicted molar refractivity (Wildman–Crippen MR) is 65.8 cm³/mol. The summed E-state index contributed by atoms with van der Waals surface area (Å²) in [5.41, 5.74) is 1.50. The van der Waals surface area contributed by atoms with Crippen molar-refractivity contribution in [3.63, 3.8) is 0 Å². The van der Waals surface area contributed by atoms with Crippen LogP contribution in [0.2, 0.25) is 0 Å². The summed E-state index contributed by atoms with van der Waals surface area (Å²) >= 11 is 5.15. The summed E-state index contributed by atoms with van der Waals surface area (Å²) in [7, 11) is 0. The largest absolute Gasteiger partial charge is 0.355 e. The van der Waals surface area contributed by atoms with E-state index in [9.17, 15) is 9.18 Å². The Balaban J connectivity index is 2.30. The highest BCUT2D eigenvalue weighted by molar-refractivity contribution is 7.71. The maximum atomic E-state index is 13.0. The van der Waals surface area contributed by atoms with E-state index in [-0.39, 0.29) is 11.7 Å². The number of fused-ring (bicyclic) bond motifs is 1. The molecule has 90 valence electrons. The van der Waals surface area contributed by atoms with E-state index in [1.807, 2.05) is 4.57 Å². The zero-order chi connectivity index (χ0) is 12.4. The molecule has 1 aromatic heterocycles. The van der Waals surface area contributed by atoms with Gasteiger partial charge in [-0.15, -0.1) is 0 Å². The Labute approximate surface area is 102 Å². The average molecular weight is 253 g/mol. The molecule has 6 heteroatoms. The van der Waals surface area contributed by atoms with E-state index in [2.05, 4.69) is 10.3 Å². The van der Waals surface area contributed by atoms with Crippen LogP contribution in [0.15, 0.2) is 18.2 Å². The van der Waals surface area contributed by atoms with Crippen molar-refractivity contribution in [2.24, 2.45) is 0 Å². The third kappa shape index (κ3) is 2.52. The second-order valence-electron chi connectivity index (χ2n) is 3.73. The lowest BCUT2D eigenvalue weighted by molar-refractivity contribution is -0.118. The summed E-state index contributed by atoms with van der Waals surface area (Å²) in [6.07, 6.45) is 0. The molecule has 2 N–H and O–H groups in total. The van der Waals surface area contributed by atoms with E-state index in [4.69, 9.17) is 12.2 Å². The van der Waals surface area contributed by atoms with Crippen LogP contribution in [0.4, 0.5) is 4.39 Å². The van der Waals surface area contributed by atoms with E-state index in [0.717, 1.165) is 5.52 Å². The number of imidazole rings is 1. The lowest BCUT2D eigenvalue weighted by Gasteiger charge is -2.04. The van der Waals surface area contributed by atoms with Crippen molar-refractivity contribution in [3.8, 4) is 0 Å². The monoisotopic (exact) mass is 253 g/mol. The van der Waals surface area contributed by atoms with Gasteiger partial charge in [0.1, 0.15) is 5.82 Å². The van der Waals surface area contributed by atoms with Crippen LogP contribution in [0, 0.1) is 10.6 Å². The standard InChI is InChI=1S/C11H12FN3OS/c1-7(16)13-4-5-15-10-3-2-8(12)6-9(10)14-11(15)17/h2-3,6H,4-5H2,1H3,(H,13,16)(H,14,17). The van der Waals surface area contributed by atoms with Crippen molar-refractivity contribution in [1.29, 1.82) is 0 Å². The number of halogens is 1. The van der Waals surface area contributed by atoms with Gasteiger partial charge in [0.15, 0.2) is 4.77 Å². The third-order valence-corrected chi connectivity index (χ3v) is 2.77. The molecule has 0 unspecified atom stereocenters. The number of aromatic amines is 1. The Morgan fingerprint density at radius 2 is 2.35 bits per heavy atom. The zero-order valence-electron chi connectivity index (χ0n) is 9.29. The highest BCUT2D eigenvalue weighted by atomic mass is 32.1. The molecule has 0 fully saturated rings. The Hall–Kier alpha value is -1.69. The molecule has 1 amide bonds. The van der Waals surface area contributed by atoms with Crippen LogP contribution in [-0.4, -0.2) is 22.0 Å². The van der Waals surface area contributed by atoms with Crippen molar-refractivity contribution in [2.75, 3.05) is 6.54 Å². The molecule has 1 heterocycles. The van der Waals surface area contributed by atoms with Crippen LogP contribution in [0.25, 0.3) is 11.0 Å². The first-order valence-electron chi connectivity index (χ1n) is 5.20. The Bertz CT molecular complexity index is 617. The lowest BCUT2D eigenvalue weighted by atomic mass is 10.3. The predicted octanol–water partition coefficient (Wildman–Crippen LogP) is 1.97. The molecule has 1 aromatic carbocycles. The van der Waals surface area contributed by atoms with Crippen LogP contribution < -0.4 is 5.32 Å². The molecule has 17 heavy (non-hydrogen) atoms. The second kappa shape index (κ2) is 4.67. The minimum Gasteiger partial charge on any atom is -0.355 e. The molecule has 0 saturated carbocycles. The maximum Gasteiger partial charge on any atom is 0.216 e. The Morgan fingerprint density at radius 3 is 3.06 bits per heavy atom. The van der Waals surface area contributed by atoms with Gasteiger partial charge in [-0.2, -0.15) is 0 Å². The van der Waals surface area contributed by atoms with Gasteiger partial charge in [0.05, 0.1) is 11.0 Å². The SMILES string of the molecule is CC(=O)NCCn1c(=S)[nH]c2cc(F)ccc21. The van der Waals surface area contributed by atoms with Crippen LogP contribution in [0.1, 0.15) is 6.92 Å². The van der Waals surface area contributed by atoms with E-state index < -0.39 is 0 Å². The van der Waals surface area contributed by atoms with Crippen molar-refractivity contribution in [2.45, 2.75) is 13.5 Å². The normalized spacial score (nSPS) is 10.7. The highest BCUT2D eigenvalue weighted by Crippen LogP contribution is 2.15. The number of aromatic nitrogens is 2. The molecule has 0 radical (unpaired) electrons. The van der Waals surface area contributed by atoms with Gasteiger partial charge < -0.3 is 14.9 Å². The van der Waals surface area contributed by atoms with E-state index in [0.29, 0.717) is 23.4 Å². The van der Waals surface area contributed by atoms with E-state index in [1.165, 1.54) is 19.1 Å². The maximum absolute atomic E-state index is 13.0. The number of nitrogens with zero attached hydrogens (tertiary/aromatic N) is 1. The average Bonchev–Trinajstić information content (AvgIpc) is 2.54. The minimum atomic E-state index is -0.303. The molecule has 4 nitrogen and oxygen atoms in total. The van der Waals surface area contributed by atoms with Gasteiger partial charge in [0.25, 0.3) is 0 Å². The topological polar surface area (TPSA) is 49.8 Å². The summed E-state index contributed by atoms with van der Waals surface area (Å²) in [5, 5.41) is 2.69. The lowest BCUT2D eigenvalue weighted by Crippen LogP contribution is -2.24. The number of H-pyrrole nitrogens is 1. The Kier molecular flexibility index (Phi) is 3.23. The number of rotatable bonds is 3. The molecular formula is C11H12FN3OS. The molecule has 0 aliphatic rings. The van der Waals surface area contributed by atoms with Gasteiger partial charge in [-0.25, -0.2) is 4.39 Å². The summed E-state index contributed by atoms with van der Waals surface area (Å²) in [4.78, 5) is 13.7. The summed E-state index contributed by atoms with van der Waals surface area (Å²) in [6.45, 7) is 2.52. The quantitative estimate of drug-likeness (QED) is 0.822. The summed E-state index contributed by atoms with van der Waals surface area (Å²) in [5.74, 6) is -0.384. The number of amides is 1. The molecule has 0 aliphatic carbocycles. The third-order valence-electron chi connectivity index (χ3n) is 2.45. The van der Waals surface area contributed by atoms with Gasteiger partial charge in [0, 0.05) is 20.0 Å². The number of nitrogens with one attached hydrogen (secondary N) is 2. The molecular weight excluding hydrogens is 241 g/mol. The molecule has 2 aromatic rings. The summed E-state index contributed by atoms with van der Waals surface area (Å²) in [6, 6.07) is 4.46. The molecule has 2 rings (SSSR count). The fraction of sp³-hybridized carbons (Fsp3) is 0.273. The number of carbonyl (C=O) groups excluding carboxylic acids is 1. The van der Waals surface area contributed by atoms with Crippen LogP contribution in [-0.2, 0) is 11.3 Å². The van der Waals surface area contributed by atoms with Crippen LogP contribution >= 0.6 is 12.2 Å². The number of hydrogen-bond acceptors (Lipinski definition) is 2. The first-order valence-corrected chi connectivity index (χ1v) is 5.61. The smallest absolute Gasteiger partial charge is 0.216 e. The van der Waals surface area contributed by atoms with E-state index >= 15 is 0 Å². The Morgan fingerprint density at radius 1 is 1.59 bits per heavy atom. The van der Waals surface area contributed by atoms with Crippen molar-refractivity contribution >= 4 is 29.2 Å². The fourth-order valence-corrected chi connectivity index (χ4v) is 2.00. The number of benzene rings is 1. The van der Waals surface area contributed by atoms with Crippen molar-refractivity contribution < 1.29 is 9.18 Å². The van der Waals surface area contributed by atoms with E-state index in [1.54, 1.807) is 6.07 Å². The highest BCUT2D eigenvalue weighted by Gasteiger charge is 2.05. The minimum absolute atomic E-state index is 0.0811. The number of hydrogen-bond donors (Lipinski definition) is 2. The fourth-order valence-electron chi connectivity index (χ4n) is 1.70. The molecule has 0 atom stereocenters. The first kappa shape index (κ1) is 11.8. The van der Waals surface area contributed by atoms with Gasteiger partial charge >= 0.3 is 0 Å². The zero-order valence-corrected chi connectivity index (χ0v) is 10.1. The number of carbonyl (C=O) groups is 1. The molecule has 0 aliphatic heterocycles. The van der Waals surface area contributed by atoms with Crippen molar-refractivity contribution in [1.82, 2.24) is 14.9 Å².